The Labute approximate surface area is 110 Å². The molecule has 0 saturated carbocycles. The van der Waals surface area contributed by atoms with Crippen molar-refractivity contribution in [3.63, 3.8) is 0 Å². The standard InChI is InChI=1S/C12H16N2O5/c15-10-12(1-7-4-17-7,2-8-5-18-8)14(11(16)13-10)3-9-6-19-9/h7-9H,1-6H2,(H,13,15,16). The first-order valence-corrected chi connectivity index (χ1v) is 6.65. The quantitative estimate of drug-likeness (QED) is 0.506. The van der Waals surface area contributed by atoms with Crippen molar-refractivity contribution in [2.75, 3.05) is 26.4 Å². The lowest BCUT2D eigenvalue weighted by Crippen LogP contribution is -2.53. The van der Waals surface area contributed by atoms with Crippen molar-refractivity contribution in [2.45, 2.75) is 36.7 Å². The average molecular weight is 268 g/mol. The molecule has 4 saturated heterocycles. The topological polar surface area (TPSA) is 87.0 Å². The number of rotatable bonds is 6. The molecule has 7 heteroatoms. The molecule has 7 nitrogen and oxygen atoms in total. The van der Waals surface area contributed by atoms with Gasteiger partial charge in [-0.15, -0.1) is 0 Å². The Morgan fingerprint density at radius 1 is 1.05 bits per heavy atom. The lowest BCUT2D eigenvalue weighted by atomic mass is 9.86. The third kappa shape index (κ3) is 2.11. The van der Waals surface area contributed by atoms with Crippen LogP contribution in [0.2, 0.25) is 0 Å². The molecule has 19 heavy (non-hydrogen) atoms. The highest BCUT2D eigenvalue weighted by Crippen LogP contribution is 2.39. The third-order valence-corrected chi connectivity index (χ3v) is 4.13. The van der Waals surface area contributed by atoms with Gasteiger partial charge in [0.15, 0.2) is 0 Å². The highest BCUT2D eigenvalue weighted by molar-refractivity contribution is 6.07. The summed E-state index contributed by atoms with van der Waals surface area (Å²) in [5.41, 5.74) is -0.814. The maximum Gasteiger partial charge on any atom is 0.325 e. The predicted molar refractivity (Wildman–Crippen MR) is 61.4 cm³/mol. The van der Waals surface area contributed by atoms with Crippen LogP contribution in [0.3, 0.4) is 0 Å². The van der Waals surface area contributed by atoms with Crippen LogP contribution in [0.5, 0.6) is 0 Å². The maximum absolute atomic E-state index is 12.3. The minimum absolute atomic E-state index is 0.0660. The molecule has 4 fully saturated rings. The summed E-state index contributed by atoms with van der Waals surface area (Å²) < 4.78 is 15.7. The number of epoxide rings is 3. The van der Waals surface area contributed by atoms with Gasteiger partial charge in [0.1, 0.15) is 5.54 Å². The van der Waals surface area contributed by atoms with Crippen molar-refractivity contribution in [3.05, 3.63) is 0 Å². The molecule has 4 aliphatic heterocycles. The van der Waals surface area contributed by atoms with Gasteiger partial charge in [-0.25, -0.2) is 4.79 Å². The first-order valence-electron chi connectivity index (χ1n) is 6.65. The van der Waals surface area contributed by atoms with Crippen LogP contribution in [-0.4, -0.2) is 67.1 Å². The third-order valence-electron chi connectivity index (χ3n) is 4.13. The monoisotopic (exact) mass is 268 g/mol. The number of ether oxygens (including phenoxy) is 3. The Bertz CT molecular complexity index is 414. The van der Waals surface area contributed by atoms with Crippen LogP contribution >= 0.6 is 0 Å². The Balaban J connectivity index is 1.61. The zero-order chi connectivity index (χ0) is 13.0. The van der Waals surface area contributed by atoms with Gasteiger partial charge >= 0.3 is 6.03 Å². The molecule has 104 valence electrons. The van der Waals surface area contributed by atoms with Gasteiger partial charge in [0.05, 0.1) is 44.7 Å². The number of hydrogen-bond donors (Lipinski definition) is 1. The van der Waals surface area contributed by atoms with E-state index in [9.17, 15) is 9.59 Å². The van der Waals surface area contributed by atoms with E-state index >= 15 is 0 Å². The number of amides is 3. The fourth-order valence-electron chi connectivity index (χ4n) is 2.85. The molecular formula is C12H16N2O5. The molecule has 3 unspecified atom stereocenters. The van der Waals surface area contributed by atoms with E-state index in [1.165, 1.54) is 0 Å². The van der Waals surface area contributed by atoms with Gasteiger partial charge in [0.25, 0.3) is 5.91 Å². The van der Waals surface area contributed by atoms with E-state index in [-0.39, 0.29) is 30.3 Å². The number of nitrogens with one attached hydrogen (secondary N) is 1. The van der Waals surface area contributed by atoms with Crippen LogP contribution in [-0.2, 0) is 19.0 Å². The van der Waals surface area contributed by atoms with E-state index < -0.39 is 5.54 Å². The van der Waals surface area contributed by atoms with Crippen LogP contribution in [0.15, 0.2) is 0 Å². The zero-order valence-corrected chi connectivity index (χ0v) is 10.5. The second kappa shape index (κ2) is 3.91. The summed E-state index contributed by atoms with van der Waals surface area (Å²) in [6.45, 7) is 2.47. The van der Waals surface area contributed by atoms with Gasteiger partial charge in [0, 0.05) is 12.8 Å². The summed E-state index contributed by atoms with van der Waals surface area (Å²) in [7, 11) is 0. The average Bonchev–Trinajstić information content (AvgIpc) is 3.22. The highest BCUT2D eigenvalue weighted by atomic mass is 16.6. The summed E-state index contributed by atoms with van der Waals surface area (Å²) in [4.78, 5) is 26.0. The molecule has 0 spiro atoms. The largest absolute Gasteiger partial charge is 0.373 e. The van der Waals surface area contributed by atoms with Crippen molar-refractivity contribution in [2.24, 2.45) is 0 Å². The molecule has 0 aromatic heterocycles. The fraction of sp³-hybridized carbons (Fsp3) is 0.833. The molecule has 1 N–H and O–H groups in total. The fourth-order valence-corrected chi connectivity index (χ4v) is 2.85. The van der Waals surface area contributed by atoms with Gasteiger partial charge in [-0.1, -0.05) is 0 Å². The zero-order valence-electron chi connectivity index (χ0n) is 10.5. The minimum atomic E-state index is -0.814. The van der Waals surface area contributed by atoms with E-state index in [1.807, 2.05) is 0 Å². The molecule has 0 aliphatic carbocycles. The van der Waals surface area contributed by atoms with Gasteiger partial charge < -0.3 is 19.1 Å². The van der Waals surface area contributed by atoms with Crippen LogP contribution in [0.4, 0.5) is 4.79 Å². The Kier molecular flexibility index (Phi) is 2.39. The van der Waals surface area contributed by atoms with Crippen molar-refractivity contribution >= 4 is 11.9 Å². The SMILES string of the molecule is O=C1NC(=O)C(CC2CO2)(CC2CO2)N1CC1CO1. The van der Waals surface area contributed by atoms with Crippen LogP contribution in [0.25, 0.3) is 0 Å². The first-order chi connectivity index (χ1) is 9.17. The lowest BCUT2D eigenvalue weighted by Gasteiger charge is -2.34. The van der Waals surface area contributed by atoms with Gasteiger partial charge in [-0.3, -0.25) is 10.1 Å². The van der Waals surface area contributed by atoms with Gasteiger partial charge in [-0.05, 0) is 0 Å². The smallest absolute Gasteiger partial charge is 0.325 e. The summed E-state index contributed by atoms with van der Waals surface area (Å²) in [6.07, 6.45) is 1.33. The first kappa shape index (κ1) is 11.6. The van der Waals surface area contributed by atoms with Crippen molar-refractivity contribution in [1.82, 2.24) is 10.2 Å². The van der Waals surface area contributed by atoms with Crippen molar-refractivity contribution in [3.8, 4) is 0 Å². The summed E-state index contributed by atoms with van der Waals surface area (Å²) in [5, 5.41) is 2.44. The second-order valence-corrected chi connectivity index (χ2v) is 5.68. The van der Waals surface area contributed by atoms with Crippen molar-refractivity contribution < 1.29 is 23.8 Å². The molecule has 3 atom stereocenters. The number of urea groups is 1. The Morgan fingerprint density at radius 2 is 1.58 bits per heavy atom. The molecule has 4 rings (SSSR count). The van der Waals surface area contributed by atoms with E-state index in [0.717, 1.165) is 0 Å². The normalized spacial score (nSPS) is 43.4. The van der Waals surface area contributed by atoms with Gasteiger partial charge in [-0.2, -0.15) is 0 Å². The molecular weight excluding hydrogens is 252 g/mol. The van der Waals surface area contributed by atoms with E-state index in [0.29, 0.717) is 39.2 Å². The number of imide groups is 1. The second-order valence-electron chi connectivity index (χ2n) is 5.68. The predicted octanol–water partition coefficient (Wildman–Crippen LogP) is -0.746. The van der Waals surface area contributed by atoms with Crippen LogP contribution in [0.1, 0.15) is 12.8 Å². The van der Waals surface area contributed by atoms with Crippen molar-refractivity contribution in [1.29, 1.82) is 0 Å². The molecule has 0 radical (unpaired) electrons. The van der Waals surface area contributed by atoms with E-state index in [1.54, 1.807) is 4.90 Å². The van der Waals surface area contributed by atoms with Crippen LogP contribution < -0.4 is 5.32 Å². The van der Waals surface area contributed by atoms with Crippen LogP contribution in [0, 0.1) is 0 Å². The molecule has 0 aromatic rings. The summed E-state index contributed by atoms with van der Waals surface area (Å²) in [5.74, 6) is -0.218. The summed E-state index contributed by atoms with van der Waals surface area (Å²) >= 11 is 0. The minimum Gasteiger partial charge on any atom is -0.373 e. The number of carbonyl (C=O) groups is 2. The number of nitrogens with zero attached hydrogens (tertiary/aromatic N) is 1. The van der Waals surface area contributed by atoms with E-state index in [2.05, 4.69) is 5.32 Å². The molecule has 0 bridgehead atoms. The molecule has 4 heterocycles. The Hall–Kier alpha value is -1.18. The summed E-state index contributed by atoms with van der Waals surface area (Å²) in [6, 6.07) is -0.318. The van der Waals surface area contributed by atoms with Gasteiger partial charge in [0.2, 0.25) is 0 Å². The highest BCUT2D eigenvalue weighted by Gasteiger charge is 2.58. The number of carbonyl (C=O) groups excluding carboxylic acids is 2. The molecule has 3 amide bonds. The molecule has 4 aliphatic rings. The van der Waals surface area contributed by atoms with E-state index in [4.69, 9.17) is 14.2 Å². The Morgan fingerprint density at radius 3 is 2.05 bits per heavy atom. The number of hydrogen-bond acceptors (Lipinski definition) is 5. The lowest BCUT2D eigenvalue weighted by molar-refractivity contribution is -0.128. The maximum atomic E-state index is 12.3. The molecule has 0 aromatic carbocycles.